The van der Waals surface area contributed by atoms with E-state index in [0.29, 0.717) is 43.4 Å². The zero-order chi connectivity index (χ0) is 22.8. The van der Waals surface area contributed by atoms with Crippen molar-refractivity contribution in [1.82, 2.24) is 0 Å². The van der Waals surface area contributed by atoms with E-state index in [9.17, 15) is 10.1 Å². The van der Waals surface area contributed by atoms with Gasteiger partial charge < -0.3 is 20.5 Å². The number of benzene rings is 2. The van der Waals surface area contributed by atoms with Crippen molar-refractivity contribution in [3.63, 3.8) is 0 Å². The Hall–Kier alpha value is -4.29. The van der Waals surface area contributed by atoms with Gasteiger partial charge in [-0.1, -0.05) is 35.6 Å². The number of aromatic amines is 1. The van der Waals surface area contributed by atoms with Crippen molar-refractivity contribution < 1.29 is 19.3 Å². The van der Waals surface area contributed by atoms with Crippen molar-refractivity contribution in [1.29, 1.82) is 5.26 Å². The number of rotatable bonds is 5. The summed E-state index contributed by atoms with van der Waals surface area (Å²) < 4.78 is 10.7. The van der Waals surface area contributed by atoms with Gasteiger partial charge in [0.1, 0.15) is 16.5 Å². The summed E-state index contributed by atoms with van der Waals surface area (Å²) in [6.45, 7) is 0. The number of hydrogen-bond acceptors (Lipinski definition) is 7. The van der Waals surface area contributed by atoms with E-state index < -0.39 is 0 Å². The minimum Gasteiger partial charge on any atom is -0.493 e. The first-order chi connectivity index (χ1) is 15.5. The number of nitrogens with two attached hydrogens (primary N) is 2. The Bertz CT molecular complexity index is 1380. The monoisotopic (exact) mass is 446 g/mol. The number of hydrogen-bond donors (Lipinski definition) is 3. The van der Waals surface area contributed by atoms with Crippen LogP contribution in [0.15, 0.2) is 48.5 Å². The summed E-state index contributed by atoms with van der Waals surface area (Å²) in [6, 6.07) is 16.5. The molecular formula is C23H20N5O3S+. The molecule has 0 aliphatic heterocycles. The number of nitrogens with zero attached hydrogens (tertiary/aromatic N) is 1. The van der Waals surface area contributed by atoms with E-state index in [1.54, 1.807) is 37.4 Å². The van der Waals surface area contributed by atoms with Crippen LogP contribution in [0.5, 0.6) is 11.5 Å². The maximum Gasteiger partial charge on any atom is 0.290 e. The van der Waals surface area contributed by atoms with E-state index in [1.807, 2.05) is 18.2 Å². The van der Waals surface area contributed by atoms with Crippen LogP contribution < -0.4 is 31.2 Å². The molecule has 6 N–H and O–H groups in total. The van der Waals surface area contributed by atoms with E-state index >= 15 is 0 Å². The van der Waals surface area contributed by atoms with Crippen LogP contribution in [0.1, 0.15) is 15.2 Å². The highest BCUT2D eigenvalue weighted by atomic mass is 32.1. The quantitative estimate of drug-likeness (QED) is 0.427. The third-order valence-electron chi connectivity index (χ3n) is 4.98. The molecule has 1 amide bonds. The SMILES string of the molecule is COc1ccc(-c2c(C#N)c(N)[nH+]c3sc(C(=O)Nc4ccccc4)c(N)c23)cc1OC. The first-order valence-electron chi connectivity index (χ1n) is 9.54. The van der Waals surface area contributed by atoms with E-state index in [2.05, 4.69) is 16.4 Å². The fraction of sp³-hybridized carbons (Fsp3) is 0.0870. The maximum absolute atomic E-state index is 12.9. The molecule has 0 atom stereocenters. The number of nitrogens with one attached hydrogen (secondary N) is 2. The number of amides is 1. The molecule has 4 aromatic rings. The number of thiophene rings is 1. The number of aromatic nitrogens is 1. The maximum atomic E-state index is 12.9. The van der Waals surface area contributed by atoms with Gasteiger partial charge >= 0.3 is 0 Å². The second-order valence-corrected chi connectivity index (χ2v) is 7.86. The number of nitrogen functional groups attached to an aromatic ring is 2. The highest BCUT2D eigenvalue weighted by molar-refractivity contribution is 7.21. The number of nitriles is 1. The smallest absolute Gasteiger partial charge is 0.290 e. The van der Waals surface area contributed by atoms with Crippen molar-refractivity contribution in [3.05, 3.63) is 59.0 Å². The fourth-order valence-electron chi connectivity index (χ4n) is 3.50. The minimum absolute atomic E-state index is 0.182. The van der Waals surface area contributed by atoms with Crippen LogP contribution in [0.2, 0.25) is 0 Å². The molecule has 4 rings (SSSR count). The fourth-order valence-corrected chi connectivity index (χ4v) is 4.53. The standard InChI is InChI=1S/C23H19N5O3S/c1-30-15-9-8-12(10-16(15)31-2)17-14(11-24)21(26)28-23-18(17)19(25)20(32-23)22(29)27-13-6-4-3-5-7-13/h3-10H,25H2,1-2H3,(H2,26,28)(H,27,29)/p+1. The molecule has 0 bridgehead atoms. The Labute approximate surface area is 188 Å². The van der Waals surface area contributed by atoms with Gasteiger partial charge in [-0.2, -0.15) is 5.26 Å². The number of fused-ring (bicyclic) bond motifs is 1. The predicted octanol–water partition coefficient (Wildman–Crippen LogP) is 3.69. The molecule has 9 heteroatoms. The van der Waals surface area contributed by atoms with Crippen LogP contribution in [0.3, 0.4) is 0 Å². The van der Waals surface area contributed by atoms with Crippen molar-refractivity contribution in [2.75, 3.05) is 31.0 Å². The molecule has 2 heterocycles. The van der Waals surface area contributed by atoms with Crippen LogP contribution in [0, 0.1) is 11.3 Å². The number of ether oxygens (including phenoxy) is 2. The molecule has 0 spiro atoms. The molecule has 2 aromatic heterocycles. The van der Waals surface area contributed by atoms with Gasteiger partial charge in [-0.3, -0.25) is 10.5 Å². The summed E-state index contributed by atoms with van der Waals surface area (Å²) in [5, 5.41) is 13.2. The molecule has 2 aromatic carbocycles. The molecule has 160 valence electrons. The van der Waals surface area contributed by atoms with Gasteiger partial charge in [-0.25, -0.2) is 4.98 Å². The van der Waals surface area contributed by atoms with Gasteiger partial charge in [0.2, 0.25) is 0 Å². The molecule has 0 unspecified atom stereocenters. The lowest BCUT2D eigenvalue weighted by atomic mass is 9.97. The van der Waals surface area contributed by atoms with Crippen LogP contribution >= 0.6 is 11.3 Å². The lowest BCUT2D eigenvalue weighted by Crippen LogP contribution is -2.13. The van der Waals surface area contributed by atoms with Crippen LogP contribution in [-0.4, -0.2) is 20.1 Å². The number of para-hydroxylation sites is 1. The van der Waals surface area contributed by atoms with Crippen LogP contribution in [0.25, 0.3) is 21.3 Å². The zero-order valence-electron chi connectivity index (χ0n) is 17.4. The number of methoxy groups -OCH3 is 2. The second kappa shape index (κ2) is 8.45. The average molecular weight is 447 g/mol. The Balaban J connectivity index is 1.93. The van der Waals surface area contributed by atoms with Gasteiger partial charge in [0.25, 0.3) is 11.7 Å². The van der Waals surface area contributed by atoms with Gasteiger partial charge in [-0.05, 0) is 29.8 Å². The van der Waals surface area contributed by atoms with E-state index in [1.165, 1.54) is 18.4 Å². The highest BCUT2D eigenvalue weighted by Crippen LogP contribution is 2.43. The summed E-state index contributed by atoms with van der Waals surface area (Å²) in [5.74, 6) is 0.867. The average Bonchev–Trinajstić information content (AvgIpc) is 3.14. The summed E-state index contributed by atoms with van der Waals surface area (Å²) in [6.07, 6.45) is 0. The Morgan fingerprint density at radius 2 is 1.81 bits per heavy atom. The van der Waals surface area contributed by atoms with Crippen LogP contribution in [0.4, 0.5) is 17.2 Å². The second-order valence-electron chi connectivity index (χ2n) is 6.84. The Morgan fingerprint density at radius 3 is 2.47 bits per heavy atom. The third kappa shape index (κ3) is 3.53. The van der Waals surface area contributed by atoms with Gasteiger partial charge in [-0.15, -0.1) is 0 Å². The predicted molar refractivity (Wildman–Crippen MR) is 125 cm³/mol. The molecule has 0 saturated carbocycles. The Kier molecular flexibility index (Phi) is 5.54. The topological polar surface area (TPSA) is 138 Å². The number of pyridine rings is 1. The third-order valence-corrected chi connectivity index (χ3v) is 6.10. The van der Waals surface area contributed by atoms with Gasteiger partial charge in [0.05, 0.1) is 25.3 Å². The highest BCUT2D eigenvalue weighted by Gasteiger charge is 2.27. The summed E-state index contributed by atoms with van der Waals surface area (Å²) in [4.78, 5) is 16.9. The summed E-state index contributed by atoms with van der Waals surface area (Å²) in [7, 11) is 3.07. The lowest BCUT2D eigenvalue weighted by molar-refractivity contribution is -0.323. The van der Waals surface area contributed by atoms with E-state index in [-0.39, 0.29) is 23.0 Å². The molecular weight excluding hydrogens is 426 g/mol. The van der Waals surface area contributed by atoms with Gasteiger partial charge in [0, 0.05) is 11.3 Å². The van der Waals surface area contributed by atoms with Crippen LogP contribution in [-0.2, 0) is 0 Å². The molecule has 0 aliphatic rings. The number of carbonyl (C=O) groups excluding carboxylic acids is 1. The minimum atomic E-state index is -0.348. The number of carbonyl (C=O) groups is 1. The zero-order valence-corrected chi connectivity index (χ0v) is 18.2. The molecule has 0 fully saturated rings. The number of H-pyrrole nitrogens is 1. The number of anilines is 3. The largest absolute Gasteiger partial charge is 0.493 e. The molecule has 0 radical (unpaired) electrons. The summed E-state index contributed by atoms with van der Waals surface area (Å²) in [5.41, 5.74) is 14.9. The van der Waals surface area contributed by atoms with E-state index in [4.69, 9.17) is 20.9 Å². The summed E-state index contributed by atoms with van der Waals surface area (Å²) >= 11 is 1.17. The molecule has 8 nitrogen and oxygen atoms in total. The lowest BCUT2D eigenvalue weighted by Gasteiger charge is -2.12. The Morgan fingerprint density at radius 1 is 1.09 bits per heavy atom. The van der Waals surface area contributed by atoms with E-state index in [0.717, 1.165) is 0 Å². The first-order valence-corrected chi connectivity index (χ1v) is 10.4. The van der Waals surface area contributed by atoms with Crippen molar-refractivity contribution >= 4 is 44.7 Å². The van der Waals surface area contributed by atoms with Crippen molar-refractivity contribution in [2.24, 2.45) is 0 Å². The molecule has 32 heavy (non-hydrogen) atoms. The molecule has 0 aliphatic carbocycles. The molecule has 0 saturated heterocycles. The van der Waals surface area contributed by atoms with Crippen molar-refractivity contribution in [3.8, 4) is 28.7 Å². The normalized spacial score (nSPS) is 10.5. The first kappa shape index (κ1) is 21.0. The van der Waals surface area contributed by atoms with Crippen molar-refractivity contribution in [2.45, 2.75) is 0 Å². The van der Waals surface area contributed by atoms with Gasteiger partial charge in [0.15, 0.2) is 16.3 Å².